The van der Waals surface area contributed by atoms with Gasteiger partial charge in [0, 0.05) is 12.8 Å². The summed E-state index contributed by atoms with van der Waals surface area (Å²) in [5.41, 5.74) is 0. The lowest BCUT2D eigenvalue weighted by molar-refractivity contribution is -0.143. The predicted molar refractivity (Wildman–Crippen MR) is 241 cm³/mol. The summed E-state index contributed by atoms with van der Waals surface area (Å²) in [6, 6.07) is -0.646. The van der Waals surface area contributed by atoms with Gasteiger partial charge in [0.2, 0.25) is 5.91 Å². The SMILES string of the molecule is CCCCCCCCCCCCCCCCCC/C=C/C(O)C(CO)NC(=O)CCCCCCCCCCCOC(=O)CCCCCCCCCCCCCC. The van der Waals surface area contributed by atoms with Crippen molar-refractivity contribution in [2.24, 2.45) is 0 Å². The van der Waals surface area contributed by atoms with Gasteiger partial charge in [0.1, 0.15) is 0 Å². The van der Waals surface area contributed by atoms with Gasteiger partial charge in [-0.3, -0.25) is 9.59 Å². The van der Waals surface area contributed by atoms with Crippen molar-refractivity contribution in [3.63, 3.8) is 0 Å². The van der Waals surface area contributed by atoms with Crippen LogP contribution in [0.15, 0.2) is 12.2 Å². The maximum absolute atomic E-state index is 12.4. The summed E-state index contributed by atoms with van der Waals surface area (Å²) in [6.07, 6.45) is 52.0. The van der Waals surface area contributed by atoms with Gasteiger partial charge in [-0.15, -0.1) is 0 Å². The van der Waals surface area contributed by atoms with Gasteiger partial charge < -0.3 is 20.3 Å². The molecule has 0 bridgehead atoms. The number of aliphatic hydroxyl groups is 2. The summed E-state index contributed by atoms with van der Waals surface area (Å²) in [7, 11) is 0. The Morgan fingerprint density at radius 1 is 0.482 bits per heavy atom. The number of amides is 1. The average Bonchev–Trinajstić information content (AvgIpc) is 3.20. The van der Waals surface area contributed by atoms with E-state index in [1.54, 1.807) is 6.08 Å². The number of ether oxygens (including phenoxy) is 1. The van der Waals surface area contributed by atoms with E-state index in [-0.39, 0.29) is 18.5 Å². The Balaban J connectivity index is 3.53. The highest BCUT2D eigenvalue weighted by atomic mass is 16.5. The normalized spacial score (nSPS) is 12.7. The van der Waals surface area contributed by atoms with Crippen molar-refractivity contribution in [2.75, 3.05) is 13.2 Å². The largest absolute Gasteiger partial charge is 0.466 e. The Kier molecular flexibility index (Phi) is 45.1. The van der Waals surface area contributed by atoms with E-state index in [0.29, 0.717) is 19.4 Å². The van der Waals surface area contributed by atoms with Crippen molar-refractivity contribution >= 4 is 11.9 Å². The molecule has 56 heavy (non-hydrogen) atoms. The van der Waals surface area contributed by atoms with Crippen molar-refractivity contribution < 1.29 is 24.5 Å². The number of hydrogen-bond acceptors (Lipinski definition) is 5. The Hall–Kier alpha value is -1.40. The van der Waals surface area contributed by atoms with Gasteiger partial charge in [-0.25, -0.2) is 0 Å². The van der Waals surface area contributed by atoms with Crippen LogP contribution >= 0.6 is 0 Å². The molecule has 0 radical (unpaired) electrons. The third kappa shape index (κ3) is 42.2. The molecule has 0 aromatic carbocycles. The highest BCUT2D eigenvalue weighted by Crippen LogP contribution is 2.16. The van der Waals surface area contributed by atoms with Crippen LogP contribution in [0, 0.1) is 0 Å². The first-order chi connectivity index (χ1) is 27.5. The van der Waals surface area contributed by atoms with Crippen molar-refractivity contribution in [1.82, 2.24) is 5.32 Å². The molecule has 2 unspecified atom stereocenters. The number of nitrogens with one attached hydrogen (secondary N) is 1. The van der Waals surface area contributed by atoms with Gasteiger partial charge in [-0.05, 0) is 32.1 Å². The zero-order valence-electron chi connectivity index (χ0n) is 37.6. The fourth-order valence-corrected chi connectivity index (χ4v) is 7.69. The summed E-state index contributed by atoms with van der Waals surface area (Å²) in [4.78, 5) is 24.4. The highest BCUT2D eigenvalue weighted by Gasteiger charge is 2.18. The lowest BCUT2D eigenvalue weighted by atomic mass is 10.0. The number of esters is 1. The Morgan fingerprint density at radius 2 is 0.821 bits per heavy atom. The fourth-order valence-electron chi connectivity index (χ4n) is 7.69. The van der Waals surface area contributed by atoms with Crippen molar-refractivity contribution in [2.45, 2.75) is 283 Å². The van der Waals surface area contributed by atoms with E-state index in [9.17, 15) is 19.8 Å². The first-order valence-corrected chi connectivity index (χ1v) is 25.0. The van der Waals surface area contributed by atoms with Gasteiger partial charge in [0.05, 0.1) is 25.4 Å². The molecule has 6 heteroatoms. The topological polar surface area (TPSA) is 95.9 Å². The number of rotatable bonds is 46. The van der Waals surface area contributed by atoms with Crippen LogP contribution in [0.1, 0.15) is 271 Å². The maximum atomic E-state index is 12.4. The van der Waals surface area contributed by atoms with Crippen LogP contribution in [-0.2, 0) is 14.3 Å². The molecule has 332 valence electrons. The molecule has 0 saturated heterocycles. The van der Waals surface area contributed by atoms with Gasteiger partial charge >= 0.3 is 5.97 Å². The maximum Gasteiger partial charge on any atom is 0.305 e. The quantitative estimate of drug-likeness (QED) is 0.0324. The van der Waals surface area contributed by atoms with Gasteiger partial charge in [-0.2, -0.15) is 0 Å². The monoisotopic (exact) mass is 792 g/mol. The molecule has 0 rings (SSSR count). The highest BCUT2D eigenvalue weighted by molar-refractivity contribution is 5.76. The number of unbranched alkanes of at least 4 members (excludes halogenated alkanes) is 35. The molecule has 0 aliphatic carbocycles. The Morgan fingerprint density at radius 3 is 1.21 bits per heavy atom. The summed E-state index contributed by atoms with van der Waals surface area (Å²) in [5.74, 6) is -0.120. The molecular weight excluding hydrogens is 695 g/mol. The molecule has 6 nitrogen and oxygen atoms in total. The van der Waals surface area contributed by atoms with E-state index >= 15 is 0 Å². The van der Waals surface area contributed by atoms with Crippen molar-refractivity contribution in [1.29, 1.82) is 0 Å². The van der Waals surface area contributed by atoms with Gasteiger partial charge in [0.25, 0.3) is 0 Å². The van der Waals surface area contributed by atoms with E-state index < -0.39 is 12.1 Å². The molecule has 0 heterocycles. The van der Waals surface area contributed by atoms with E-state index in [0.717, 1.165) is 57.8 Å². The molecule has 0 aliphatic rings. The van der Waals surface area contributed by atoms with E-state index in [2.05, 4.69) is 19.2 Å². The first kappa shape index (κ1) is 54.6. The molecule has 0 saturated carbocycles. The molecular formula is C50H97NO5. The second-order valence-electron chi connectivity index (χ2n) is 17.2. The first-order valence-electron chi connectivity index (χ1n) is 25.0. The molecule has 2 atom stereocenters. The minimum atomic E-state index is -0.860. The van der Waals surface area contributed by atoms with Crippen LogP contribution in [0.3, 0.4) is 0 Å². The van der Waals surface area contributed by atoms with Crippen LogP contribution in [0.4, 0.5) is 0 Å². The molecule has 0 aromatic heterocycles. The van der Waals surface area contributed by atoms with Crippen LogP contribution in [0.2, 0.25) is 0 Å². The van der Waals surface area contributed by atoms with Crippen LogP contribution in [0.5, 0.6) is 0 Å². The summed E-state index contributed by atoms with van der Waals surface area (Å²) in [6.45, 7) is 4.84. The Bertz CT molecular complexity index is 832. The molecule has 0 fully saturated rings. The lowest BCUT2D eigenvalue weighted by Gasteiger charge is -2.20. The minimum absolute atomic E-state index is 0.0263. The van der Waals surface area contributed by atoms with Gasteiger partial charge in [-0.1, -0.05) is 238 Å². The Labute approximate surface area is 349 Å². The molecule has 3 N–H and O–H groups in total. The lowest BCUT2D eigenvalue weighted by Crippen LogP contribution is -2.45. The van der Waals surface area contributed by atoms with E-state index in [4.69, 9.17) is 4.74 Å². The average molecular weight is 792 g/mol. The van der Waals surface area contributed by atoms with Crippen LogP contribution in [-0.4, -0.2) is 47.4 Å². The third-order valence-corrected chi connectivity index (χ3v) is 11.6. The predicted octanol–water partition coefficient (Wildman–Crippen LogP) is 14.6. The molecule has 0 aliphatic heterocycles. The number of allylic oxidation sites excluding steroid dienone is 1. The van der Waals surface area contributed by atoms with E-state index in [1.165, 1.54) is 186 Å². The number of carbonyl (C=O) groups is 2. The van der Waals surface area contributed by atoms with Gasteiger partial charge in [0.15, 0.2) is 0 Å². The number of carbonyl (C=O) groups excluding carboxylic acids is 2. The zero-order valence-corrected chi connectivity index (χ0v) is 37.6. The second-order valence-corrected chi connectivity index (χ2v) is 17.2. The number of aliphatic hydroxyl groups excluding tert-OH is 2. The summed E-state index contributed by atoms with van der Waals surface area (Å²) < 4.78 is 5.44. The number of hydrogen-bond donors (Lipinski definition) is 3. The third-order valence-electron chi connectivity index (χ3n) is 11.6. The second kappa shape index (κ2) is 46.3. The molecule has 1 amide bonds. The smallest absolute Gasteiger partial charge is 0.305 e. The standard InChI is InChI=1S/C50H97NO5/c1-3-5-7-9-11-13-15-17-18-19-20-21-22-23-26-30-34-38-42-48(53)47(46-52)51-49(54)43-39-35-31-27-25-29-33-37-41-45-56-50(55)44-40-36-32-28-24-16-14-12-10-8-6-4-2/h38,42,47-48,52-53H,3-37,39-41,43-46H2,1-2H3,(H,51,54)/b42-38+. The summed E-state index contributed by atoms with van der Waals surface area (Å²) >= 11 is 0. The zero-order chi connectivity index (χ0) is 40.8. The van der Waals surface area contributed by atoms with Crippen molar-refractivity contribution in [3.8, 4) is 0 Å². The summed E-state index contributed by atoms with van der Waals surface area (Å²) in [5, 5.41) is 23.1. The van der Waals surface area contributed by atoms with E-state index in [1.807, 2.05) is 6.08 Å². The minimum Gasteiger partial charge on any atom is -0.466 e. The van der Waals surface area contributed by atoms with Crippen molar-refractivity contribution in [3.05, 3.63) is 12.2 Å². The molecule has 0 aromatic rings. The van der Waals surface area contributed by atoms with Crippen LogP contribution in [0.25, 0.3) is 0 Å². The molecule has 0 spiro atoms. The fraction of sp³-hybridized carbons (Fsp3) is 0.920. The van der Waals surface area contributed by atoms with Crippen LogP contribution < -0.4 is 5.32 Å².